The molecule has 2 aromatic rings. The van der Waals surface area contributed by atoms with Crippen LogP contribution in [0.4, 0.5) is 0 Å². The molecule has 1 amide bonds. The van der Waals surface area contributed by atoms with Crippen molar-refractivity contribution in [3.63, 3.8) is 0 Å². The number of nitrogens with one attached hydrogen (secondary N) is 1. The molecular weight excluding hydrogens is 294 g/mol. The van der Waals surface area contributed by atoms with Gasteiger partial charge in [0.05, 0.1) is 12.3 Å². The Hall–Kier alpha value is -2.82. The van der Waals surface area contributed by atoms with Gasteiger partial charge in [0, 0.05) is 6.08 Å². The normalized spacial score (nSPS) is 12.1. The van der Waals surface area contributed by atoms with E-state index in [9.17, 15) is 9.59 Å². The van der Waals surface area contributed by atoms with Crippen molar-refractivity contribution in [3.8, 4) is 0 Å². The van der Waals surface area contributed by atoms with Gasteiger partial charge in [-0.15, -0.1) is 0 Å². The quantitative estimate of drug-likeness (QED) is 0.657. The van der Waals surface area contributed by atoms with Gasteiger partial charge < -0.3 is 14.5 Å². The van der Waals surface area contributed by atoms with Gasteiger partial charge in [0.1, 0.15) is 5.76 Å². The second-order valence-electron chi connectivity index (χ2n) is 5.16. The molecular formula is C18H19NO4. The highest BCUT2D eigenvalue weighted by molar-refractivity contribution is 5.89. The fourth-order valence-corrected chi connectivity index (χ4v) is 1.92. The SMILES string of the molecule is Cc1ccc(/C=C/C(=O)OCC(=O)N[C@H](C)c2ccco2)cc1. The third kappa shape index (κ3) is 5.47. The molecule has 0 aliphatic rings. The van der Waals surface area contributed by atoms with Crippen LogP contribution in [-0.2, 0) is 14.3 Å². The van der Waals surface area contributed by atoms with E-state index in [4.69, 9.17) is 9.15 Å². The number of carbonyl (C=O) groups is 2. The Bertz CT molecular complexity index is 672. The van der Waals surface area contributed by atoms with Crippen molar-refractivity contribution in [1.82, 2.24) is 5.32 Å². The molecule has 5 nitrogen and oxygen atoms in total. The fourth-order valence-electron chi connectivity index (χ4n) is 1.92. The van der Waals surface area contributed by atoms with E-state index in [2.05, 4.69) is 5.32 Å². The van der Waals surface area contributed by atoms with Crippen LogP contribution >= 0.6 is 0 Å². The Morgan fingerprint density at radius 2 is 2.00 bits per heavy atom. The molecule has 0 radical (unpaired) electrons. The van der Waals surface area contributed by atoms with Crippen LogP contribution in [0.15, 0.2) is 53.2 Å². The van der Waals surface area contributed by atoms with E-state index in [1.165, 1.54) is 12.3 Å². The molecule has 0 spiro atoms. The maximum atomic E-state index is 11.7. The molecule has 120 valence electrons. The summed E-state index contributed by atoms with van der Waals surface area (Å²) < 4.78 is 10.1. The summed E-state index contributed by atoms with van der Waals surface area (Å²) in [5.41, 5.74) is 2.04. The van der Waals surface area contributed by atoms with Gasteiger partial charge in [0.25, 0.3) is 5.91 Å². The molecule has 0 saturated carbocycles. The van der Waals surface area contributed by atoms with Crippen LogP contribution in [0.25, 0.3) is 6.08 Å². The summed E-state index contributed by atoms with van der Waals surface area (Å²) in [4.78, 5) is 23.3. The molecule has 1 heterocycles. The van der Waals surface area contributed by atoms with Gasteiger partial charge in [-0.25, -0.2) is 4.79 Å². The minimum Gasteiger partial charge on any atom is -0.467 e. The van der Waals surface area contributed by atoms with E-state index < -0.39 is 5.97 Å². The fraction of sp³-hybridized carbons (Fsp3) is 0.222. The van der Waals surface area contributed by atoms with E-state index in [1.54, 1.807) is 25.1 Å². The van der Waals surface area contributed by atoms with Gasteiger partial charge in [-0.3, -0.25) is 4.79 Å². The van der Waals surface area contributed by atoms with Crippen LogP contribution < -0.4 is 5.32 Å². The Morgan fingerprint density at radius 3 is 2.65 bits per heavy atom. The third-order valence-electron chi connectivity index (χ3n) is 3.18. The van der Waals surface area contributed by atoms with E-state index >= 15 is 0 Å². The third-order valence-corrected chi connectivity index (χ3v) is 3.18. The lowest BCUT2D eigenvalue weighted by Crippen LogP contribution is -2.30. The first kappa shape index (κ1) is 16.5. The molecule has 2 rings (SSSR count). The first-order valence-electron chi connectivity index (χ1n) is 7.29. The molecule has 0 aliphatic heterocycles. The Labute approximate surface area is 134 Å². The Balaban J connectivity index is 1.75. The monoisotopic (exact) mass is 313 g/mol. The molecule has 0 fully saturated rings. The van der Waals surface area contributed by atoms with Gasteiger partial charge in [-0.2, -0.15) is 0 Å². The van der Waals surface area contributed by atoms with Crippen molar-refractivity contribution in [2.75, 3.05) is 6.61 Å². The van der Waals surface area contributed by atoms with E-state index in [0.29, 0.717) is 5.76 Å². The summed E-state index contributed by atoms with van der Waals surface area (Å²) in [6.45, 7) is 3.45. The van der Waals surface area contributed by atoms with Gasteiger partial charge in [-0.05, 0) is 37.6 Å². The lowest BCUT2D eigenvalue weighted by atomic mass is 10.1. The molecule has 1 aromatic heterocycles. The van der Waals surface area contributed by atoms with Crippen molar-refractivity contribution in [2.24, 2.45) is 0 Å². The summed E-state index contributed by atoms with van der Waals surface area (Å²) in [5, 5.41) is 2.68. The largest absolute Gasteiger partial charge is 0.467 e. The number of hydrogen-bond acceptors (Lipinski definition) is 4. The minimum absolute atomic E-state index is 0.278. The number of furan rings is 1. The summed E-state index contributed by atoms with van der Waals surface area (Å²) in [6.07, 6.45) is 4.48. The van der Waals surface area contributed by atoms with Crippen LogP contribution in [0.1, 0.15) is 29.9 Å². The predicted molar refractivity (Wildman–Crippen MR) is 86.4 cm³/mol. The van der Waals surface area contributed by atoms with Gasteiger partial charge in [0.15, 0.2) is 6.61 Å². The zero-order valence-electron chi connectivity index (χ0n) is 13.1. The molecule has 5 heteroatoms. The number of amides is 1. The number of aryl methyl sites for hydroxylation is 1. The first-order chi connectivity index (χ1) is 11.0. The van der Waals surface area contributed by atoms with Crippen LogP contribution in [0, 0.1) is 6.92 Å². The second-order valence-corrected chi connectivity index (χ2v) is 5.16. The number of benzene rings is 1. The highest BCUT2D eigenvalue weighted by Gasteiger charge is 2.12. The Morgan fingerprint density at radius 1 is 1.26 bits per heavy atom. The minimum atomic E-state index is -0.564. The van der Waals surface area contributed by atoms with E-state index in [1.807, 2.05) is 31.2 Å². The molecule has 1 N–H and O–H groups in total. The maximum absolute atomic E-state index is 11.7. The second kappa shape index (κ2) is 7.98. The molecule has 1 aromatic carbocycles. The number of carbonyl (C=O) groups excluding carboxylic acids is 2. The number of rotatable bonds is 6. The Kier molecular flexibility index (Phi) is 5.74. The summed E-state index contributed by atoms with van der Waals surface area (Å²) in [5.74, 6) is -0.304. The highest BCUT2D eigenvalue weighted by Crippen LogP contribution is 2.11. The molecule has 0 saturated heterocycles. The van der Waals surface area contributed by atoms with Crippen molar-refractivity contribution in [3.05, 3.63) is 65.6 Å². The summed E-state index contributed by atoms with van der Waals surface area (Å²) in [6, 6.07) is 10.9. The van der Waals surface area contributed by atoms with Gasteiger partial charge >= 0.3 is 5.97 Å². The van der Waals surface area contributed by atoms with Crippen molar-refractivity contribution < 1.29 is 18.7 Å². The lowest BCUT2D eigenvalue weighted by molar-refractivity contribution is -0.144. The van der Waals surface area contributed by atoms with Crippen LogP contribution in [0.2, 0.25) is 0 Å². The topological polar surface area (TPSA) is 68.5 Å². The number of esters is 1. The zero-order chi connectivity index (χ0) is 16.7. The van der Waals surface area contributed by atoms with Crippen molar-refractivity contribution >= 4 is 18.0 Å². The maximum Gasteiger partial charge on any atom is 0.331 e. The molecule has 23 heavy (non-hydrogen) atoms. The highest BCUT2D eigenvalue weighted by atomic mass is 16.5. The number of hydrogen-bond donors (Lipinski definition) is 1. The molecule has 1 atom stereocenters. The first-order valence-corrected chi connectivity index (χ1v) is 7.29. The van der Waals surface area contributed by atoms with E-state index in [-0.39, 0.29) is 18.6 Å². The molecule has 0 aliphatic carbocycles. The number of ether oxygens (including phenoxy) is 1. The van der Waals surface area contributed by atoms with Crippen molar-refractivity contribution in [2.45, 2.75) is 19.9 Å². The summed E-state index contributed by atoms with van der Waals surface area (Å²) >= 11 is 0. The van der Waals surface area contributed by atoms with Crippen LogP contribution in [-0.4, -0.2) is 18.5 Å². The average Bonchev–Trinajstić information content (AvgIpc) is 3.07. The van der Waals surface area contributed by atoms with Crippen LogP contribution in [0.5, 0.6) is 0 Å². The summed E-state index contributed by atoms with van der Waals surface area (Å²) in [7, 11) is 0. The average molecular weight is 313 g/mol. The van der Waals surface area contributed by atoms with E-state index in [0.717, 1.165) is 11.1 Å². The predicted octanol–water partition coefficient (Wildman–Crippen LogP) is 3.02. The van der Waals surface area contributed by atoms with Crippen LogP contribution in [0.3, 0.4) is 0 Å². The molecule has 0 unspecified atom stereocenters. The molecule has 0 bridgehead atoms. The van der Waals surface area contributed by atoms with Crippen molar-refractivity contribution in [1.29, 1.82) is 0 Å². The zero-order valence-corrected chi connectivity index (χ0v) is 13.1. The van der Waals surface area contributed by atoms with Gasteiger partial charge in [-0.1, -0.05) is 29.8 Å². The van der Waals surface area contributed by atoms with Gasteiger partial charge in [0.2, 0.25) is 0 Å². The standard InChI is InChI=1S/C18H19NO4/c1-13-5-7-15(8-6-13)9-10-18(21)23-12-17(20)19-14(2)16-4-3-11-22-16/h3-11,14H,12H2,1-2H3,(H,19,20)/b10-9+/t14-/m1/s1. The lowest BCUT2D eigenvalue weighted by Gasteiger charge is -2.11. The smallest absolute Gasteiger partial charge is 0.331 e.